The first-order chi connectivity index (χ1) is 12.0. The van der Waals surface area contributed by atoms with Crippen LogP contribution >= 0.6 is 0 Å². The number of aromatic amines is 1. The molecular formula is C17H22N4O3S. The predicted molar refractivity (Wildman–Crippen MR) is 99.7 cm³/mol. The fourth-order valence-electron chi connectivity index (χ4n) is 2.87. The molecule has 3 rings (SSSR count). The molecule has 2 heterocycles. The van der Waals surface area contributed by atoms with Gasteiger partial charge in [0.15, 0.2) is 0 Å². The SMILES string of the molecule is CC(C)S(=O)N1CCN(c2c[nH]n(-c3ccccc3)c(=O)c2=O)CC1. The third kappa shape index (κ3) is 3.59. The number of nitrogens with one attached hydrogen (secondary N) is 1. The highest BCUT2D eigenvalue weighted by Crippen LogP contribution is 2.13. The van der Waals surface area contributed by atoms with Crippen molar-refractivity contribution in [2.45, 2.75) is 19.1 Å². The van der Waals surface area contributed by atoms with E-state index in [1.54, 1.807) is 18.3 Å². The van der Waals surface area contributed by atoms with Gasteiger partial charge in [-0.15, -0.1) is 0 Å². The van der Waals surface area contributed by atoms with Crippen LogP contribution in [0, 0.1) is 0 Å². The maximum atomic E-state index is 12.5. The number of hydrogen-bond donors (Lipinski definition) is 1. The number of piperazine rings is 1. The van der Waals surface area contributed by atoms with Crippen LogP contribution in [-0.2, 0) is 11.0 Å². The number of nitrogens with zero attached hydrogens (tertiary/aromatic N) is 3. The van der Waals surface area contributed by atoms with E-state index in [0.717, 1.165) is 0 Å². The van der Waals surface area contributed by atoms with Gasteiger partial charge < -0.3 is 4.90 Å². The molecule has 1 fully saturated rings. The average Bonchev–Trinajstić information content (AvgIpc) is 2.64. The lowest BCUT2D eigenvalue weighted by Crippen LogP contribution is -2.50. The number of benzene rings is 1. The summed E-state index contributed by atoms with van der Waals surface area (Å²) in [5, 5.41) is 2.97. The van der Waals surface area contributed by atoms with Crippen LogP contribution in [0.2, 0.25) is 0 Å². The van der Waals surface area contributed by atoms with Crippen molar-refractivity contribution in [2.24, 2.45) is 0 Å². The minimum absolute atomic E-state index is 0.0738. The lowest BCUT2D eigenvalue weighted by Gasteiger charge is -2.35. The highest BCUT2D eigenvalue weighted by atomic mass is 32.2. The Balaban J connectivity index is 1.81. The van der Waals surface area contributed by atoms with Crippen LogP contribution in [0.3, 0.4) is 0 Å². The van der Waals surface area contributed by atoms with Crippen molar-refractivity contribution in [1.29, 1.82) is 0 Å². The quantitative estimate of drug-likeness (QED) is 0.813. The normalized spacial score (nSPS) is 17.0. The standard InChI is InChI=1S/C17H22N4O3S/c1-13(2)25(24)20-10-8-19(9-11-20)15-12-18-21(17(23)16(15)22)14-6-4-3-5-7-14/h3-7,12-13,18H,8-11H2,1-2H3. The van der Waals surface area contributed by atoms with Crippen LogP contribution in [0.25, 0.3) is 5.69 Å². The molecule has 0 spiro atoms. The summed E-state index contributed by atoms with van der Waals surface area (Å²) < 4.78 is 15.3. The van der Waals surface area contributed by atoms with Crippen LogP contribution in [0.15, 0.2) is 46.1 Å². The second-order valence-corrected chi connectivity index (χ2v) is 8.22. The second-order valence-electron chi connectivity index (χ2n) is 6.20. The number of H-pyrrole nitrogens is 1. The van der Waals surface area contributed by atoms with Crippen LogP contribution in [-0.4, -0.2) is 49.7 Å². The maximum Gasteiger partial charge on any atom is 0.319 e. The summed E-state index contributed by atoms with van der Waals surface area (Å²) in [6, 6.07) is 8.99. The first-order valence-corrected chi connectivity index (χ1v) is 9.47. The molecule has 0 radical (unpaired) electrons. The van der Waals surface area contributed by atoms with E-state index in [4.69, 9.17) is 0 Å². The van der Waals surface area contributed by atoms with E-state index in [-0.39, 0.29) is 5.25 Å². The van der Waals surface area contributed by atoms with Crippen molar-refractivity contribution in [2.75, 3.05) is 31.1 Å². The van der Waals surface area contributed by atoms with Crippen molar-refractivity contribution in [3.05, 3.63) is 57.1 Å². The summed E-state index contributed by atoms with van der Waals surface area (Å²) in [5.41, 5.74) is -0.140. The summed E-state index contributed by atoms with van der Waals surface area (Å²) in [4.78, 5) is 26.8. The van der Waals surface area contributed by atoms with Gasteiger partial charge in [0.2, 0.25) is 0 Å². The molecule has 0 saturated carbocycles. The largest absolute Gasteiger partial charge is 0.364 e. The molecule has 1 unspecified atom stereocenters. The van der Waals surface area contributed by atoms with Crippen molar-refractivity contribution < 1.29 is 4.21 Å². The molecule has 1 aromatic heterocycles. The molecule has 1 atom stereocenters. The molecular weight excluding hydrogens is 340 g/mol. The van der Waals surface area contributed by atoms with E-state index < -0.39 is 22.0 Å². The summed E-state index contributed by atoms with van der Waals surface area (Å²) in [5.74, 6) is 0. The van der Waals surface area contributed by atoms with Gasteiger partial charge in [-0.1, -0.05) is 18.2 Å². The molecule has 1 saturated heterocycles. The summed E-state index contributed by atoms with van der Waals surface area (Å²) in [6.45, 7) is 6.19. The van der Waals surface area contributed by atoms with Gasteiger partial charge in [0.25, 0.3) is 5.43 Å². The summed E-state index contributed by atoms with van der Waals surface area (Å²) >= 11 is 0. The van der Waals surface area contributed by atoms with Gasteiger partial charge in [0.05, 0.1) is 16.7 Å². The highest BCUT2D eigenvalue weighted by molar-refractivity contribution is 7.83. The molecule has 0 bridgehead atoms. The van der Waals surface area contributed by atoms with E-state index in [1.165, 1.54) is 4.68 Å². The molecule has 8 heteroatoms. The molecule has 7 nitrogen and oxygen atoms in total. The number of hydrogen-bond acceptors (Lipinski definition) is 4. The van der Waals surface area contributed by atoms with E-state index in [9.17, 15) is 13.8 Å². The zero-order chi connectivity index (χ0) is 18.0. The third-order valence-corrected chi connectivity index (χ3v) is 5.89. The number of aromatic nitrogens is 2. The number of rotatable bonds is 4. The van der Waals surface area contributed by atoms with Crippen LogP contribution in [0.4, 0.5) is 5.69 Å². The van der Waals surface area contributed by atoms with E-state index in [1.807, 2.05) is 41.3 Å². The fraction of sp³-hybridized carbons (Fsp3) is 0.412. The van der Waals surface area contributed by atoms with Crippen molar-refractivity contribution in [1.82, 2.24) is 14.1 Å². The smallest absolute Gasteiger partial charge is 0.319 e. The first-order valence-electron chi connectivity index (χ1n) is 8.30. The molecule has 2 aromatic rings. The Morgan fingerprint density at radius 1 is 1.04 bits per heavy atom. The topological polar surface area (TPSA) is 78.4 Å². The van der Waals surface area contributed by atoms with Crippen LogP contribution in [0.1, 0.15) is 13.8 Å². The minimum atomic E-state index is -1.01. The van der Waals surface area contributed by atoms with Crippen molar-refractivity contribution in [3.8, 4) is 5.69 Å². The van der Waals surface area contributed by atoms with Gasteiger partial charge in [0.1, 0.15) is 5.69 Å². The van der Waals surface area contributed by atoms with Crippen molar-refractivity contribution >= 4 is 16.7 Å². The zero-order valence-electron chi connectivity index (χ0n) is 14.3. The molecule has 0 aliphatic carbocycles. The van der Waals surface area contributed by atoms with Gasteiger partial charge in [-0.2, -0.15) is 0 Å². The zero-order valence-corrected chi connectivity index (χ0v) is 15.2. The van der Waals surface area contributed by atoms with Gasteiger partial charge in [0, 0.05) is 37.6 Å². The van der Waals surface area contributed by atoms with Gasteiger partial charge in [-0.05, 0) is 26.0 Å². The van der Waals surface area contributed by atoms with Gasteiger partial charge in [-0.3, -0.25) is 14.7 Å². The third-order valence-electron chi connectivity index (χ3n) is 4.21. The Labute approximate surface area is 148 Å². The predicted octanol–water partition coefficient (Wildman–Crippen LogP) is 0.720. The average molecular weight is 362 g/mol. The summed E-state index contributed by atoms with van der Waals surface area (Å²) in [6.07, 6.45) is 1.58. The molecule has 1 aliphatic heterocycles. The Kier molecular flexibility index (Phi) is 5.19. The lowest BCUT2D eigenvalue weighted by atomic mass is 10.3. The number of para-hydroxylation sites is 1. The van der Waals surface area contributed by atoms with Crippen LogP contribution in [0.5, 0.6) is 0 Å². The Morgan fingerprint density at radius 3 is 2.28 bits per heavy atom. The van der Waals surface area contributed by atoms with Crippen LogP contribution < -0.4 is 15.9 Å². The lowest BCUT2D eigenvalue weighted by molar-refractivity contribution is 0.407. The minimum Gasteiger partial charge on any atom is -0.364 e. The van der Waals surface area contributed by atoms with Gasteiger partial charge in [-0.25, -0.2) is 13.2 Å². The molecule has 1 N–H and O–H groups in total. The Morgan fingerprint density at radius 2 is 1.68 bits per heavy atom. The first kappa shape index (κ1) is 17.6. The molecule has 1 aromatic carbocycles. The molecule has 1 aliphatic rings. The van der Waals surface area contributed by atoms with E-state index >= 15 is 0 Å². The summed E-state index contributed by atoms with van der Waals surface area (Å²) in [7, 11) is -1.01. The molecule has 0 amide bonds. The number of anilines is 1. The molecule has 25 heavy (non-hydrogen) atoms. The molecule has 134 valence electrons. The highest BCUT2D eigenvalue weighted by Gasteiger charge is 2.24. The Bertz CT molecular complexity index is 867. The van der Waals surface area contributed by atoms with E-state index in [0.29, 0.717) is 37.6 Å². The monoisotopic (exact) mass is 362 g/mol. The fourth-order valence-corrected chi connectivity index (χ4v) is 3.99. The maximum absolute atomic E-state index is 12.5. The van der Waals surface area contributed by atoms with Crippen molar-refractivity contribution in [3.63, 3.8) is 0 Å². The van der Waals surface area contributed by atoms with E-state index in [2.05, 4.69) is 5.10 Å². The second kappa shape index (κ2) is 7.37. The Hall–Kier alpha value is -2.19. The van der Waals surface area contributed by atoms with Gasteiger partial charge >= 0.3 is 5.56 Å².